The molecule has 1 aromatic rings. The van der Waals surface area contributed by atoms with E-state index in [2.05, 4.69) is 27.6 Å². The summed E-state index contributed by atoms with van der Waals surface area (Å²) in [5.41, 5.74) is 0. The van der Waals surface area contributed by atoms with Crippen LogP contribution in [-0.2, 0) is 0 Å². The number of pyridine rings is 1. The van der Waals surface area contributed by atoms with Crippen molar-refractivity contribution in [2.45, 2.75) is 4.90 Å². The van der Waals surface area contributed by atoms with Gasteiger partial charge in [0.2, 0.25) is 5.95 Å². The smallest absolute Gasteiger partial charge is 0.213 e. The van der Waals surface area contributed by atoms with Crippen molar-refractivity contribution >= 4 is 34.4 Å². The Hall–Kier alpha value is 0.160. The SMILES string of the molecule is CSc1cnc(F)cc1I. The van der Waals surface area contributed by atoms with Crippen molar-refractivity contribution in [2.24, 2.45) is 0 Å². The molecular formula is C6H5FINS. The summed E-state index contributed by atoms with van der Waals surface area (Å²) >= 11 is 3.65. The van der Waals surface area contributed by atoms with Crippen LogP contribution < -0.4 is 0 Å². The lowest BCUT2D eigenvalue weighted by atomic mass is 10.5. The van der Waals surface area contributed by atoms with Crippen LogP contribution in [0.4, 0.5) is 4.39 Å². The van der Waals surface area contributed by atoms with Gasteiger partial charge in [0, 0.05) is 20.7 Å². The maximum Gasteiger partial charge on any atom is 0.213 e. The third-order valence-electron chi connectivity index (χ3n) is 1.01. The third-order valence-corrected chi connectivity index (χ3v) is 3.03. The molecule has 0 aliphatic rings. The van der Waals surface area contributed by atoms with E-state index in [0.717, 1.165) is 8.47 Å². The first-order valence-corrected chi connectivity index (χ1v) is 4.89. The van der Waals surface area contributed by atoms with Gasteiger partial charge in [-0.05, 0) is 28.8 Å². The van der Waals surface area contributed by atoms with Crippen molar-refractivity contribution in [3.05, 3.63) is 21.8 Å². The lowest BCUT2D eigenvalue weighted by Gasteiger charge is -1.97. The molecule has 0 aliphatic carbocycles. The summed E-state index contributed by atoms with van der Waals surface area (Å²) < 4.78 is 13.3. The molecular weight excluding hydrogens is 264 g/mol. The highest BCUT2D eigenvalue weighted by atomic mass is 127. The van der Waals surface area contributed by atoms with Gasteiger partial charge in [-0.15, -0.1) is 11.8 Å². The molecule has 0 spiro atoms. The molecule has 0 unspecified atom stereocenters. The highest BCUT2D eigenvalue weighted by molar-refractivity contribution is 14.1. The fraction of sp³-hybridized carbons (Fsp3) is 0.167. The third kappa shape index (κ3) is 1.82. The predicted octanol–water partition coefficient (Wildman–Crippen LogP) is 2.55. The van der Waals surface area contributed by atoms with Crippen LogP contribution in [0.25, 0.3) is 0 Å². The molecule has 0 saturated carbocycles. The van der Waals surface area contributed by atoms with E-state index in [1.165, 1.54) is 6.07 Å². The van der Waals surface area contributed by atoms with Gasteiger partial charge < -0.3 is 0 Å². The van der Waals surface area contributed by atoms with Gasteiger partial charge in [-0.3, -0.25) is 0 Å². The van der Waals surface area contributed by atoms with Crippen molar-refractivity contribution in [3.63, 3.8) is 0 Å². The number of nitrogens with zero attached hydrogens (tertiary/aromatic N) is 1. The summed E-state index contributed by atoms with van der Waals surface area (Å²) in [5.74, 6) is -0.415. The average molecular weight is 269 g/mol. The van der Waals surface area contributed by atoms with Gasteiger partial charge in [0.15, 0.2) is 0 Å². The standard InChI is InChI=1S/C6H5FINS/c1-10-5-3-9-6(7)2-4(5)8/h2-3H,1H3. The lowest BCUT2D eigenvalue weighted by Crippen LogP contribution is -1.85. The number of halogens is 2. The van der Waals surface area contributed by atoms with Crippen LogP contribution in [-0.4, -0.2) is 11.2 Å². The minimum absolute atomic E-state index is 0.415. The van der Waals surface area contributed by atoms with E-state index in [-0.39, 0.29) is 0 Å². The Kier molecular flexibility index (Phi) is 2.91. The van der Waals surface area contributed by atoms with Crippen LogP contribution in [0.3, 0.4) is 0 Å². The Morgan fingerprint density at radius 2 is 2.40 bits per heavy atom. The van der Waals surface area contributed by atoms with E-state index < -0.39 is 5.95 Å². The summed E-state index contributed by atoms with van der Waals surface area (Å²) in [5, 5.41) is 0. The molecule has 1 rings (SSSR count). The van der Waals surface area contributed by atoms with Crippen molar-refractivity contribution in [2.75, 3.05) is 6.26 Å². The van der Waals surface area contributed by atoms with E-state index in [9.17, 15) is 4.39 Å². The van der Waals surface area contributed by atoms with Crippen LogP contribution >= 0.6 is 34.4 Å². The van der Waals surface area contributed by atoms with Crippen molar-refractivity contribution in [1.29, 1.82) is 0 Å². The Bertz CT molecular complexity index is 241. The summed E-state index contributed by atoms with van der Waals surface area (Å²) in [7, 11) is 0. The van der Waals surface area contributed by atoms with Crippen LogP contribution in [0, 0.1) is 9.52 Å². The molecule has 0 atom stereocenters. The summed E-state index contributed by atoms with van der Waals surface area (Å²) in [4.78, 5) is 4.53. The van der Waals surface area contributed by atoms with E-state index in [1.54, 1.807) is 18.0 Å². The van der Waals surface area contributed by atoms with Gasteiger partial charge >= 0.3 is 0 Å². The molecule has 1 nitrogen and oxygen atoms in total. The maximum absolute atomic E-state index is 12.4. The number of rotatable bonds is 1. The minimum atomic E-state index is -0.415. The Labute approximate surface area is 76.6 Å². The average Bonchev–Trinajstić information content (AvgIpc) is 1.88. The zero-order valence-corrected chi connectivity index (χ0v) is 8.24. The van der Waals surface area contributed by atoms with Gasteiger partial charge in [0.1, 0.15) is 0 Å². The van der Waals surface area contributed by atoms with Gasteiger partial charge in [0.25, 0.3) is 0 Å². The number of thioether (sulfide) groups is 1. The molecule has 4 heteroatoms. The van der Waals surface area contributed by atoms with E-state index >= 15 is 0 Å². The fourth-order valence-corrected chi connectivity index (χ4v) is 2.01. The monoisotopic (exact) mass is 269 g/mol. The lowest BCUT2D eigenvalue weighted by molar-refractivity contribution is 0.580. The first kappa shape index (κ1) is 8.26. The molecule has 10 heavy (non-hydrogen) atoms. The van der Waals surface area contributed by atoms with Crippen LogP contribution in [0.5, 0.6) is 0 Å². The number of hydrogen-bond donors (Lipinski definition) is 0. The highest BCUT2D eigenvalue weighted by Crippen LogP contribution is 2.20. The Balaban J connectivity index is 3.07. The summed E-state index contributed by atoms with van der Waals surface area (Å²) in [6.07, 6.45) is 3.48. The number of aromatic nitrogens is 1. The molecule has 0 aliphatic heterocycles. The Morgan fingerprint density at radius 1 is 1.70 bits per heavy atom. The molecule has 1 aromatic heterocycles. The predicted molar refractivity (Wildman–Crippen MR) is 48.7 cm³/mol. The largest absolute Gasteiger partial charge is 0.227 e. The van der Waals surface area contributed by atoms with E-state index in [4.69, 9.17) is 0 Å². The molecule has 0 aromatic carbocycles. The molecule has 0 bridgehead atoms. The zero-order valence-electron chi connectivity index (χ0n) is 5.27. The maximum atomic E-state index is 12.4. The minimum Gasteiger partial charge on any atom is -0.227 e. The first-order chi connectivity index (χ1) is 4.74. The van der Waals surface area contributed by atoms with Gasteiger partial charge in [0.05, 0.1) is 0 Å². The molecule has 0 radical (unpaired) electrons. The van der Waals surface area contributed by atoms with Crippen LogP contribution in [0.1, 0.15) is 0 Å². The van der Waals surface area contributed by atoms with E-state index in [1.807, 2.05) is 6.26 Å². The van der Waals surface area contributed by atoms with Gasteiger partial charge in [-0.1, -0.05) is 0 Å². The molecule has 0 saturated heterocycles. The van der Waals surface area contributed by atoms with Gasteiger partial charge in [-0.2, -0.15) is 4.39 Å². The summed E-state index contributed by atoms with van der Waals surface area (Å²) in [6, 6.07) is 1.42. The zero-order chi connectivity index (χ0) is 7.56. The molecule has 54 valence electrons. The topological polar surface area (TPSA) is 12.9 Å². The summed E-state index contributed by atoms with van der Waals surface area (Å²) in [6.45, 7) is 0. The van der Waals surface area contributed by atoms with Crippen LogP contribution in [0.15, 0.2) is 17.2 Å². The number of hydrogen-bond acceptors (Lipinski definition) is 2. The molecule has 0 fully saturated rings. The Morgan fingerprint density at radius 3 is 2.90 bits per heavy atom. The normalized spacial score (nSPS) is 9.90. The molecule has 1 heterocycles. The quantitative estimate of drug-likeness (QED) is 0.441. The van der Waals surface area contributed by atoms with Crippen LogP contribution in [0.2, 0.25) is 0 Å². The van der Waals surface area contributed by atoms with Crippen molar-refractivity contribution in [1.82, 2.24) is 4.98 Å². The second-order valence-corrected chi connectivity index (χ2v) is 3.65. The second kappa shape index (κ2) is 3.52. The second-order valence-electron chi connectivity index (χ2n) is 1.64. The van der Waals surface area contributed by atoms with E-state index in [0.29, 0.717) is 0 Å². The first-order valence-electron chi connectivity index (χ1n) is 2.59. The molecule has 0 N–H and O–H groups in total. The van der Waals surface area contributed by atoms with Crippen molar-refractivity contribution < 1.29 is 4.39 Å². The van der Waals surface area contributed by atoms with Gasteiger partial charge in [-0.25, -0.2) is 4.98 Å². The fourth-order valence-electron chi connectivity index (χ4n) is 0.545. The molecule has 0 amide bonds. The highest BCUT2D eigenvalue weighted by Gasteiger charge is 1.99. The van der Waals surface area contributed by atoms with Crippen molar-refractivity contribution in [3.8, 4) is 0 Å².